The van der Waals surface area contributed by atoms with Crippen molar-refractivity contribution in [2.75, 3.05) is 42.6 Å². The first-order valence-corrected chi connectivity index (χ1v) is 13.9. The van der Waals surface area contributed by atoms with E-state index in [9.17, 15) is 14.3 Å². The van der Waals surface area contributed by atoms with Gasteiger partial charge in [0.25, 0.3) is 0 Å². The molecule has 0 amide bonds. The molecule has 0 spiro atoms. The summed E-state index contributed by atoms with van der Waals surface area (Å²) in [7, 11) is 0. The summed E-state index contributed by atoms with van der Waals surface area (Å²) in [5.74, 6) is 0.563. The molecule has 0 unspecified atom stereocenters. The fourth-order valence-corrected chi connectivity index (χ4v) is 5.50. The number of rotatable bonds is 12. The molecule has 2 saturated heterocycles. The van der Waals surface area contributed by atoms with Crippen molar-refractivity contribution in [2.24, 2.45) is 5.92 Å². The minimum atomic E-state index is -0.795. The number of halogens is 1. The molecule has 2 heterocycles. The fraction of sp³-hybridized carbons (Fsp3) is 0.567. The zero-order valence-corrected chi connectivity index (χ0v) is 22.8. The molecule has 2 aliphatic rings. The van der Waals surface area contributed by atoms with E-state index in [0.717, 1.165) is 37.1 Å². The highest BCUT2D eigenvalue weighted by Gasteiger charge is 2.40. The highest BCUT2D eigenvalue weighted by Crippen LogP contribution is 2.35. The summed E-state index contributed by atoms with van der Waals surface area (Å²) < 4.78 is 32.4. The van der Waals surface area contributed by atoms with E-state index in [2.05, 4.69) is 23.6 Å². The highest BCUT2D eigenvalue weighted by molar-refractivity contribution is 5.69. The molecule has 2 fully saturated rings. The molecule has 2 aromatic carbocycles. The van der Waals surface area contributed by atoms with Gasteiger partial charge in [0.2, 0.25) is 0 Å². The first kappa shape index (κ1) is 28.0. The van der Waals surface area contributed by atoms with Crippen molar-refractivity contribution in [2.45, 2.75) is 71.1 Å². The largest absolute Gasteiger partial charge is 0.494 e. The van der Waals surface area contributed by atoms with Gasteiger partial charge in [0.05, 0.1) is 24.8 Å². The van der Waals surface area contributed by atoms with E-state index in [1.807, 2.05) is 31.2 Å². The molecular weight excluding hydrogens is 487 g/mol. The van der Waals surface area contributed by atoms with Crippen molar-refractivity contribution in [1.82, 2.24) is 0 Å². The number of piperidine rings is 1. The quantitative estimate of drug-likeness (QED) is 0.351. The molecule has 0 saturated carbocycles. The summed E-state index contributed by atoms with van der Waals surface area (Å²) in [5.41, 5.74) is 1.56. The van der Waals surface area contributed by atoms with E-state index in [4.69, 9.17) is 14.2 Å². The summed E-state index contributed by atoms with van der Waals surface area (Å²) >= 11 is 0. The number of hydrogen-bond acceptors (Lipinski definition) is 6. The van der Waals surface area contributed by atoms with Crippen LogP contribution in [0.2, 0.25) is 0 Å². The summed E-state index contributed by atoms with van der Waals surface area (Å²) in [4.78, 5) is 15.8. The summed E-state index contributed by atoms with van der Waals surface area (Å²) in [6, 6.07) is 12.7. The van der Waals surface area contributed by atoms with Gasteiger partial charge in [-0.3, -0.25) is 4.79 Å². The number of hydrogen-bond donors (Lipinski definition) is 1. The SMILES string of the molecule is CCCCO[C@H]1CN(c2ccc(OC3CCN(c4cc(OCC)ccc4F)CC3)cc2)[C@@H](CC(=O)O)[C@@H]1C. The van der Waals surface area contributed by atoms with Gasteiger partial charge in [-0.15, -0.1) is 0 Å². The van der Waals surface area contributed by atoms with Crippen molar-refractivity contribution in [3.8, 4) is 11.5 Å². The molecular formula is C30H41FN2O5. The lowest BCUT2D eigenvalue weighted by Gasteiger charge is -2.34. The number of carbonyl (C=O) groups is 1. The lowest BCUT2D eigenvalue weighted by Crippen LogP contribution is -2.38. The standard InChI is InChI=1S/C30H41FN2O5/c1-4-6-17-37-29-20-33(27(21(29)3)19-30(34)35)22-7-9-23(10-8-22)38-24-13-15-32(16-14-24)28-18-25(36-5-2)11-12-26(28)31/h7-12,18,21,24,27,29H,4-6,13-17,19-20H2,1-3H3,(H,34,35)/t21-,27-,29-/m0/s1. The second-order valence-corrected chi connectivity index (χ2v) is 10.3. The van der Waals surface area contributed by atoms with Crippen molar-refractivity contribution >= 4 is 17.3 Å². The van der Waals surface area contributed by atoms with E-state index in [-0.39, 0.29) is 36.4 Å². The van der Waals surface area contributed by atoms with Gasteiger partial charge >= 0.3 is 5.97 Å². The number of aliphatic carboxylic acids is 1. The monoisotopic (exact) mass is 528 g/mol. The second-order valence-electron chi connectivity index (χ2n) is 10.3. The average molecular weight is 529 g/mol. The Labute approximate surface area is 225 Å². The van der Waals surface area contributed by atoms with Gasteiger partial charge in [0.15, 0.2) is 0 Å². The Morgan fingerprint density at radius 2 is 1.79 bits per heavy atom. The number of ether oxygens (including phenoxy) is 3. The van der Waals surface area contributed by atoms with Gasteiger partial charge in [0, 0.05) is 62.8 Å². The third-order valence-electron chi connectivity index (χ3n) is 7.67. The number of benzene rings is 2. The molecule has 8 heteroatoms. The van der Waals surface area contributed by atoms with Gasteiger partial charge in [-0.1, -0.05) is 20.3 Å². The van der Waals surface area contributed by atoms with E-state index in [1.165, 1.54) is 6.07 Å². The van der Waals surface area contributed by atoms with Crippen molar-refractivity contribution in [3.63, 3.8) is 0 Å². The molecule has 2 aliphatic heterocycles. The normalized spacial score (nSPS) is 22.1. The summed E-state index contributed by atoms with van der Waals surface area (Å²) in [6.45, 7) is 9.48. The summed E-state index contributed by atoms with van der Waals surface area (Å²) in [5, 5.41) is 9.51. The molecule has 2 aromatic rings. The molecule has 0 radical (unpaired) electrons. The third kappa shape index (κ3) is 6.90. The maximum absolute atomic E-state index is 14.5. The Hall–Kier alpha value is -3.00. The predicted molar refractivity (Wildman–Crippen MR) is 147 cm³/mol. The highest BCUT2D eigenvalue weighted by atomic mass is 19.1. The zero-order chi connectivity index (χ0) is 27.1. The van der Waals surface area contributed by atoms with Crippen LogP contribution >= 0.6 is 0 Å². The van der Waals surface area contributed by atoms with Gasteiger partial charge in [-0.05, 0) is 49.7 Å². The van der Waals surface area contributed by atoms with E-state index >= 15 is 0 Å². The number of nitrogens with zero attached hydrogens (tertiary/aromatic N) is 2. The maximum atomic E-state index is 14.5. The number of unbranched alkanes of at least 4 members (excludes halogenated alkanes) is 1. The van der Waals surface area contributed by atoms with Gasteiger partial charge in [0.1, 0.15) is 23.4 Å². The minimum Gasteiger partial charge on any atom is -0.494 e. The Kier molecular flexibility index (Phi) is 9.72. The third-order valence-corrected chi connectivity index (χ3v) is 7.67. The first-order valence-electron chi connectivity index (χ1n) is 13.9. The second kappa shape index (κ2) is 13.2. The summed E-state index contributed by atoms with van der Waals surface area (Å²) in [6.07, 6.45) is 3.82. The van der Waals surface area contributed by atoms with Crippen LogP contribution in [0.25, 0.3) is 0 Å². The van der Waals surface area contributed by atoms with E-state index in [1.54, 1.807) is 12.1 Å². The van der Waals surface area contributed by atoms with Crippen LogP contribution in [0.1, 0.15) is 52.9 Å². The Bertz CT molecular complexity index is 1040. The lowest BCUT2D eigenvalue weighted by atomic mass is 9.97. The van der Waals surface area contributed by atoms with Crippen molar-refractivity contribution in [1.29, 1.82) is 0 Å². The number of anilines is 2. The molecule has 7 nitrogen and oxygen atoms in total. The van der Waals surface area contributed by atoms with Crippen LogP contribution in [0.3, 0.4) is 0 Å². The van der Waals surface area contributed by atoms with Crippen LogP contribution in [0.4, 0.5) is 15.8 Å². The Morgan fingerprint density at radius 3 is 2.45 bits per heavy atom. The van der Waals surface area contributed by atoms with Crippen LogP contribution in [-0.4, -0.2) is 62.2 Å². The molecule has 3 atom stereocenters. The van der Waals surface area contributed by atoms with Gasteiger partial charge in [-0.25, -0.2) is 4.39 Å². The van der Waals surface area contributed by atoms with Crippen LogP contribution in [0.15, 0.2) is 42.5 Å². The molecule has 4 rings (SSSR count). The van der Waals surface area contributed by atoms with Crippen molar-refractivity contribution < 1.29 is 28.5 Å². The molecule has 1 N–H and O–H groups in total. The number of carboxylic acid groups (broad SMARTS) is 1. The smallest absolute Gasteiger partial charge is 0.305 e. The molecule has 38 heavy (non-hydrogen) atoms. The Balaban J connectivity index is 1.35. The van der Waals surface area contributed by atoms with E-state index in [0.29, 0.717) is 44.3 Å². The van der Waals surface area contributed by atoms with Crippen LogP contribution < -0.4 is 19.3 Å². The fourth-order valence-electron chi connectivity index (χ4n) is 5.50. The lowest BCUT2D eigenvalue weighted by molar-refractivity contribution is -0.137. The zero-order valence-electron chi connectivity index (χ0n) is 22.8. The van der Waals surface area contributed by atoms with Crippen LogP contribution in [0.5, 0.6) is 11.5 Å². The average Bonchev–Trinajstić information content (AvgIpc) is 3.21. The van der Waals surface area contributed by atoms with Crippen LogP contribution in [-0.2, 0) is 9.53 Å². The topological polar surface area (TPSA) is 71.5 Å². The van der Waals surface area contributed by atoms with Gasteiger partial charge in [-0.2, -0.15) is 0 Å². The minimum absolute atomic E-state index is 0.0195. The maximum Gasteiger partial charge on any atom is 0.305 e. The molecule has 0 bridgehead atoms. The van der Waals surface area contributed by atoms with Gasteiger partial charge < -0.3 is 29.1 Å². The van der Waals surface area contributed by atoms with E-state index < -0.39 is 5.97 Å². The van der Waals surface area contributed by atoms with Crippen LogP contribution in [0, 0.1) is 11.7 Å². The predicted octanol–water partition coefficient (Wildman–Crippen LogP) is 5.76. The Morgan fingerprint density at radius 1 is 1.08 bits per heavy atom. The number of carboxylic acids is 1. The first-order chi connectivity index (χ1) is 18.4. The molecule has 208 valence electrons. The molecule has 0 aromatic heterocycles. The van der Waals surface area contributed by atoms with Crippen molar-refractivity contribution in [3.05, 3.63) is 48.3 Å². The molecule has 0 aliphatic carbocycles.